The van der Waals surface area contributed by atoms with Gasteiger partial charge >= 0.3 is 0 Å². The van der Waals surface area contributed by atoms with Crippen LogP contribution in [0.15, 0.2) is 84.1 Å². The Kier molecular flexibility index (Phi) is 10.3. The summed E-state index contributed by atoms with van der Waals surface area (Å²) in [5, 5.41) is 6.75. The molecule has 0 radical (unpaired) electrons. The molecule has 198 valence electrons. The number of hydrogen-bond acceptors (Lipinski definition) is 6. The van der Waals surface area contributed by atoms with Crippen LogP contribution in [-0.4, -0.2) is 38.3 Å². The summed E-state index contributed by atoms with van der Waals surface area (Å²) in [5.41, 5.74) is 2.24. The van der Waals surface area contributed by atoms with E-state index in [4.69, 9.17) is 14.5 Å². The molecule has 0 saturated heterocycles. The van der Waals surface area contributed by atoms with Crippen LogP contribution >= 0.6 is 11.3 Å². The van der Waals surface area contributed by atoms with Crippen LogP contribution in [0, 0.1) is 11.8 Å². The minimum atomic E-state index is 0.294. The lowest BCUT2D eigenvalue weighted by molar-refractivity contribution is 0.303. The van der Waals surface area contributed by atoms with Gasteiger partial charge in [-0.1, -0.05) is 49.9 Å². The zero-order valence-electron chi connectivity index (χ0n) is 22.3. The number of methoxy groups -OCH3 is 1. The number of hydrogen-bond donors (Lipinski definition) is 1. The molecule has 2 atom stereocenters. The third kappa shape index (κ3) is 8.81. The molecule has 2 aromatic rings. The number of thiazole rings is 1. The van der Waals surface area contributed by atoms with E-state index in [0.29, 0.717) is 18.4 Å². The summed E-state index contributed by atoms with van der Waals surface area (Å²) in [5.74, 6) is 3.42. The Morgan fingerprint density at radius 3 is 2.84 bits per heavy atom. The predicted molar refractivity (Wildman–Crippen MR) is 155 cm³/mol. The number of benzene rings is 1. The number of rotatable bonds is 16. The summed E-state index contributed by atoms with van der Waals surface area (Å²) in [7, 11) is 1.71. The summed E-state index contributed by atoms with van der Waals surface area (Å²) in [6, 6.07) is 10.0. The summed E-state index contributed by atoms with van der Waals surface area (Å²) < 4.78 is 11.4. The third-order valence-corrected chi connectivity index (χ3v) is 7.84. The Bertz CT molecular complexity index is 1070. The number of ether oxygens (including phenoxy) is 2. The molecule has 37 heavy (non-hydrogen) atoms. The molecular weight excluding hydrogens is 478 g/mol. The second-order valence-corrected chi connectivity index (χ2v) is 10.7. The van der Waals surface area contributed by atoms with E-state index in [-0.39, 0.29) is 0 Å². The van der Waals surface area contributed by atoms with Crippen LogP contribution in [0.3, 0.4) is 0 Å². The molecule has 5 nitrogen and oxygen atoms in total. The number of nitrogens with zero attached hydrogens (tertiary/aromatic N) is 2. The Labute approximate surface area is 226 Å². The molecule has 1 saturated carbocycles. The van der Waals surface area contributed by atoms with E-state index in [9.17, 15) is 0 Å². The topological polar surface area (TPSA) is 46.6 Å². The number of anilines is 1. The average Bonchev–Trinajstić information content (AvgIpc) is 3.64. The highest BCUT2D eigenvalue weighted by Crippen LogP contribution is 2.32. The second kappa shape index (κ2) is 14.1. The van der Waals surface area contributed by atoms with Gasteiger partial charge in [-0.25, -0.2) is 4.98 Å². The van der Waals surface area contributed by atoms with Gasteiger partial charge in [0.05, 0.1) is 19.3 Å². The average molecular weight is 520 g/mol. The lowest BCUT2D eigenvalue weighted by Crippen LogP contribution is -2.32. The summed E-state index contributed by atoms with van der Waals surface area (Å²) in [4.78, 5) is 7.46. The van der Waals surface area contributed by atoms with Crippen molar-refractivity contribution in [3.63, 3.8) is 0 Å². The van der Waals surface area contributed by atoms with Crippen molar-refractivity contribution in [2.24, 2.45) is 11.8 Å². The van der Waals surface area contributed by atoms with Crippen LogP contribution < -0.4 is 15.0 Å². The molecule has 4 rings (SSSR count). The SMILES string of the molecule is C=C(C/C=C\C(CC)CN(CCOc1ccccc1)c1nc(C2C=CC(OC)=CC2)cs1)NCC1CC1. The van der Waals surface area contributed by atoms with E-state index < -0.39 is 0 Å². The van der Waals surface area contributed by atoms with Gasteiger partial charge in [-0.2, -0.15) is 0 Å². The smallest absolute Gasteiger partial charge is 0.185 e. The molecule has 2 aliphatic rings. The van der Waals surface area contributed by atoms with Gasteiger partial charge < -0.3 is 19.7 Å². The highest BCUT2D eigenvalue weighted by Gasteiger charge is 2.21. The van der Waals surface area contributed by atoms with Crippen molar-refractivity contribution in [1.29, 1.82) is 0 Å². The van der Waals surface area contributed by atoms with Gasteiger partial charge in [-0.3, -0.25) is 0 Å². The standard InChI is InChI=1S/C31H41N3O2S/c1-4-25(10-8-9-24(2)32-21-26-13-14-26)22-34(19-20-36-29-11-6-5-7-12-29)31-33-30(23-37-31)27-15-17-28(35-3)18-16-27/h5-8,10-12,15,17-18,23,25-27,32H,2,4,9,13-14,16,19-22H2,1,3H3/b10-8-. The van der Waals surface area contributed by atoms with Gasteiger partial charge in [-0.15, -0.1) is 11.3 Å². The minimum Gasteiger partial charge on any atom is -0.497 e. The number of allylic oxidation sites excluding steroid dienone is 4. The second-order valence-electron chi connectivity index (χ2n) is 9.90. The highest BCUT2D eigenvalue weighted by atomic mass is 32.1. The Morgan fingerprint density at radius 1 is 1.30 bits per heavy atom. The van der Waals surface area contributed by atoms with Crippen molar-refractivity contribution >= 4 is 16.5 Å². The summed E-state index contributed by atoms with van der Waals surface area (Å²) in [6.07, 6.45) is 16.6. The lowest BCUT2D eigenvalue weighted by Gasteiger charge is -2.25. The molecule has 1 fully saturated rings. The summed E-state index contributed by atoms with van der Waals surface area (Å²) >= 11 is 1.73. The first-order valence-corrected chi connectivity index (χ1v) is 14.4. The van der Waals surface area contributed by atoms with Crippen LogP contribution in [0.2, 0.25) is 0 Å². The van der Waals surface area contributed by atoms with E-state index in [0.717, 1.165) is 72.8 Å². The molecule has 2 aliphatic carbocycles. The molecule has 0 bridgehead atoms. The van der Waals surface area contributed by atoms with Gasteiger partial charge in [0.2, 0.25) is 0 Å². The molecule has 0 amide bonds. The zero-order chi connectivity index (χ0) is 25.9. The minimum absolute atomic E-state index is 0.294. The Hall–Kier alpha value is -2.99. The third-order valence-electron chi connectivity index (χ3n) is 6.92. The normalized spacial score (nSPS) is 17.9. The van der Waals surface area contributed by atoms with Crippen molar-refractivity contribution in [2.75, 3.05) is 38.3 Å². The summed E-state index contributed by atoms with van der Waals surface area (Å²) in [6.45, 7) is 9.84. The molecule has 1 aromatic carbocycles. The van der Waals surface area contributed by atoms with E-state index in [1.165, 1.54) is 12.8 Å². The Morgan fingerprint density at radius 2 is 2.14 bits per heavy atom. The maximum absolute atomic E-state index is 6.05. The monoisotopic (exact) mass is 519 g/mol. The van der Waals surface area contributed by atoms with Gasteiger partial charge in [0, 0.05) is 36.5 Å². The molecule has 6 heteroatoms. The fourth-order valence-corrected chi connectivity index (χ4v) is 5.24. The van der Waals surface area contributed by atoms with Crippen LogP contribution in [0.5, 0.6) is 5.75 Å². The van der Waals surface area contributed by atoms with Crippen molar-refractivity contribution in [3.05, 3.63) is 89.8 Å². The van der Waals surface area contributed by atoms with Crippen LogP contribution in [0.1, 0.15) is 50.6 Å². The molecule has 1 aromatic heterocycles. The Balaban J connectivity index is 1.38. The fraction of sp³-hybridized carbons (Fsp3) is 0.452. The van der Waals surface area contributed by atoms with Crippen LogP contribution in [-0.2, 0) is 4.74 Å². The fourth-order valence-electron chi connectivity index (χ4n) is 4.31. The molecule has 1 heterocycles. The van der Waals surface area contributed by atoms with Crippen molar-refractivity contribution in [3.8, 4) is 5.75 Å². The largest absolute Gasteiger partial charge is 0.497 e. The van der Waals surface area contributed by atoms with Gasteiger partial charge in [0.15, 0.2) is 5.13 Å². The zero-order valence-corrected chi connectivity index (χ0v) is 23.1. The highest BCUT2D eigenvalue weighted by molar-refractivity contribution is 7.13. The van der Waals surface area contributed by atoms with Crippen LogP contribution in [0.25, 0.3) is 0 Å². The van der Waals surface area contributed by atoms with E-state index in [2.05, 4.69) is 53.4 Å². The predicted octanol–water partition coefficient (Wildman–Crippen LogP) is 7.09. The first-order valence-electron chi connectivity index (χ1n) is 13.5. The number of aromatic nitrogens is 1. The maximum Gasteiger partial charge on any atom is 0.185 e. The first kappa shape index (κ1) is 27.1. The molecule has 1 N–H and O–H groups in total. The van der Waals surface area contributed by atoms with E-state index >= 15 is 0 Å². The van der Waals surface area contributed by atoms with E-state index in [1.54, 1.807) is 18.4 Å². The van der Waals surface area contributed by atoms with Gasteiger partial charge in [-0.05, 0) is 61.8 Å². The van der Waals surface area contributed by atoms with Crippen molar-refractivity contribution in [1.82, 2.24) is 10.3 Å². The van der Waals surface area contributed by atoms with Crippen LogP contribution in [0.4, 0.5) is 5.13 Å². The van der Waals surface area contributed by atoms with Gasteiger partial charge in [0.1, 0.15) is 18.1 Å². The lowest BCUT2D eigenvalue weighted by atomic mass is 9.97. The molecular formula is C31H41N3O2S. The van der Waals surface area contributed by atoms with Gasteiger partial charge in [0.25, 0.3) is 0 Å². The molecule has 0 spiro atoms. The van der Waals surface area contributed by atoms with Crippen molar-refractivity contribution < 1.29 is 9.47 Å². The maximum atomic E-state index is 6.05. The first-order chi connectivity index (χ1) is 18.1. The molecule has 0 aliphatic heterocycles. The van der Waals surface area contributed by atoms with E-state index in [1.807, 2.05) is 36.4 Å². The number of para-hydroxylation sites is 1. The van der Waals surface area contributed by atoms with Crippen molar-refractivity contribution in [2.45, 2.75) is 44.9 Å². The number of nitrogens with one attached hydrogen (secondary N) is 1. The quantitative estimate of drug-likeness (QED) is 0.240. The molecule has 2 unspecified atom stereocenters.